The van der Waals surface area contributed by atoms with Crippen LogP contribution in [0.3, 0.4) is 0 Å². The van der Waals surface area contributed by atoms with Gasteiger partial charge in [-0.15, -0.1) is 0 Å². The van der Waals surface area contributed by atoms with E-state index in [-0.39, 0.29) is 13.0 Å². The number of hydrogen-bond donors (Lipinski definition) is 1. The summed E-state index contributed by atoms with van der Waals surface area (Å²) in [6.45, 7) is 2.98. The Morgan fingerprint density at radius 1 is 1.13 bits per heavy atom. The van der Waals surface area contributed by atoms with Gasteiger partial charge in [0.15, 0.2) is 0 Å². The highest BCUT2D eigenvalue weighted by Gasteiger charge is 2.36. The SMILES string of the molecule is COC(=O)C(C)(C)NC(=O)CCN1C(=O)c2ccccc2C1=O. The normalized spacial score (nSPS) is 13.8. The Balaban J connectivity index is 1.97. The number of rotatable bonds is 5. The number of fused-ring (bicyclic) bond motifs is 1. The van der Waals surface area contributed by atoms with Gasteiger partial charge in [-0.05, 0) is 26.0 Å². The van der Waals surface area contributed by atoms with Crippen molar-refractivity contribution in [3.05, 3.63) is 35.4 Å². The number of ether oxygens (including phenoxy) is 1. The number of hydrogen-bond acceptors (Lipinski definition) is 5. The predicted molar refractivity (Wildman–Crippen MR) is 80.7 cm³/mol. The molecule has 0 unspecified atom stereocenters. The van der Waals surface area contributed by atoms with E-state index < -0.39 is 29.2 Å². The van der Waals surface area contributed by atoms with Crippen molar-refractivity contribution >= 4 is 23.7 Å². The van der Waals surface area contributed by atoms with Gasteiger partial charge in [-0.2, -0.15) is 0 Å². The van der Waals surface area contributed by atoms with E-state index in [2.05, 4.69) is 10.1 Å². The number of nitrogens with one attached hydrogen (secondary N) is 1. The first-order valence-corrected chi connectivity index (χ1v) is 7.12. The first-order valence-electron chi connectivity index (χ1n) is 7.12. The molecule has 1 aliphatic heterocycles. The minimum Gasteiger partial charge on any atom is -0.467 e. The Labute approximate surface area is 133 Å². The molecular weight excluding hydrogens is 300 g/mol. The summed E-state index contributed by atoms with van der Waals surface area (Å²) in [6.07, 6.45) is -0.0914. The fraction of sp³-hybridized carbons (Fsp3) is 0.375. The molecule has 122 valence electrons. The maximum atomic E-state index is 12.2. The van der Waals surface area contributed by atoms with E-state index in [0.29, 0.717) is 11.1 Å². The third-order valence-corrected chi connectivity index (χ3v) is 3.59. The van der Waals surface area contributed by atoms with Crippen LogP contribution < -0.4 is 5.32 Å². The van der Waals surface area contributed by atoms with Crippen LogP contribution in [0.25, 0.3) is 0 Å². The lowest BCUT2D eigenvalue weighted by molar-refractivity contribution is -0.149. The summed E-state index contributed by atoms with van der Waals surface area (Å²) in [6, 6.07) is 6.52. The van der Waals surface area contributed by atoms with Gasteiger partial charge >= 0.3 is 5.97 Å². The molecule has 0 saturated carbocycles. The van der Waals surface area contributed by atoms with Crippen molar-refractivity contribution < 1.29 is 23.9 Å². The van der Waals surface area contributed by atoms with Gasteiger partial charge in [-0.3, -0.25) is 19.3 Å². The molecule has 2 rings (SSSR count). The number of carbonyl (C=O) groups is 4. The van der Waals surface area contributed by atoms with Crippen molar-refractivity contribution in [1.82, 2.24) is 10.2 Å². The average Bonchev–Trinajstić information content (AvgIpc) is 2.76. The highest BCUT2D eigenvalue weighted by molar-refractivity contribution is 6.21. The third-order valence-electron chi connectivity index (χ3n) is 3.59. The smallest absolute Gasteiger partial charge is 0.330 e. The van der Waals surface area contributed by atoms with Gasteiger partial charge in [0.2, 0.25) is 5.91 Å². The van der Waals surface area contributed by atoms with Crippen molar-refractivity contribution in [3.8, 4) is 0 Å². The summed E-state index contributed by atoms with van der Waals surface area (Å²) in [5.74, 6) is -1.85. The first kappa shape index (κ1) is 16.7. The minimum atomic E-state index is -1.17. The first-order chi connectivity index (χ1) is 10.8. The summed E-state index contributed by atoms with van der Waals surface area (Å²) >= 11 is 0. The Morgan fingerprint density at radius 2 is 1.65 bits per heavy atom. The molecule has 0 fully saturated rings. The monoisotopic (exact) mass is 318 g/mol. The van der Waals surface area contributed by atoms with E-state index in [9.17, 15) is 19.2 Å². The molecule has 23 heavy (non-hydrogen) atoms. The summed E-state index contributed by atoms with van der Waals surface area (Å²) < 4.78 is 4.60. The number of amides is 3. The maximum absolute atomic E-state index is 12.2. The molecule has 3 amide bonds. The molecule has 1 aromatic carbocycles. The van der Waals surface area contributed by atoms with Crippen LogP contribution >= 0.6 is 0 Å². The third kappa shape index (κ3) is 3.23. The maximum Gasteiger partial charge on any atom is 0.330 e. The van der Waals surface area contributed by atoms with Crippen LogP contribution in [0.2, 0.25) is 0 Å². The zero-order valence-electron chi connectivity index (χ0n) is 13.2. The van der Waals surface area contributed by atoms with Crippen LogP contribution in [0.1, 0.15) is 41.0 Å². The molecule has 7 heteroatoms. The number of nitrogens with zero attached hydrogens (tertiary/aromatic N) is 1. The largest absolute Gasteiger partial charge is 0.467 e. The van der Waals surface area contributed by atoms with Gasteiger partial charge < -0.3 is 10.1 Å². The fourth-order valence-corrected chi connectivity index (χ4v) is 2.37. The zero-order chi connectivity index (χ0) is 17.2. The second kappa shape index (κ2) is 6.20. The van der Waals surface area contributed by atoms with E-state index in [1.54, 1.807) is 24.3 Å². The van der Waals surface area contributed by atoms with E-state index >= 15 is 0 Å². The molecule has 1 heterocycles. The van der Waals surface area contributed by atoms with Crippen LogP contribution in [0, 0.1) is 0 Å². The highest BCUT2D eigenvalue weighted by atomic mass is 16.5. The number of imide groups is 1. The van der Waals surface area contributed by atoms with E-state index in [0.717, 1.165) is 4.90 Å². The quantitative estimate of drug-likeness (QED) is 0.638. The van der Waals surface area contributed by atoms with Gasteiger partial charge in [-0.1, -0.05) is 12.1 Å². The molecule has 1 N–H and O–H groups in total. The number of methoxy groups -OCH3 is 1. The molecule has 0 atom stereocenters. The molecule has 1 aliphatic rings. The van der Waals surface area contributed by atoms with Crippen LogP contribution in [0.4, 0.5) is 0 Å². The Morgan fingerprint density at radius 3 is 2.13 bits per heavy atom. The zero-order valence-corrected chi connectivity index (χ0v) is 13.2. The van der Waals surface area contributed by atoms with E-state index in [1.807, 2.05) is 0 Å². The van der Waals surface area contributed by atoms with Crippen LogP contribution in [0.5, 0.6) is 0 Å². The van der Waals surface area contributed by atoms with Crippen molar-refractivity contribution in [3.63, 3.8) is 0 Å². The summed E-state index contributed by atoms with van der Waals surface area (Å²) in [5.41, 5.74) is -0.492. The molecule has 0 spiro atoms. The van der Waals surface area contributed by atoms with E-state index in [4.69, 9.17) is 0 Å². The van der Waals surface area contributed by atoms with Crippen LogP contribution in [-0.4, -0.2) is 47.8 Å². The molecule has 0 bridgehead atoms. The molecule has 0 aliphatic carbocycles. The molecule has 1 aromatic rings. The molecule has 0 saturated heterocycles. The van der Waals surface area contributed by atoms with Gasteiger partial charge in [0.05, 0.1) is 18.2 Å². The molecule has 7 nitrogen and oxygen atoms in total. The number of benzene rings is 1. The van der Waals surface area contributed by atoms with Gasteiger partial charge in [0.25, 0.3) is 11.8 Å². The lowest BCUT2D eigenvalue weighted by Gasteiger charge is -2.23. The number of carbonyl (C=O) groups excluding carboxylic acids is 4. The van der Waals surface area contributed by atoms with Crippen molar-refractivity contribution in [1.29, 1.82) is 0 Å². The highest BCUT2D eigenvalue weighted by Crippen LogP contribution is 2.22. The summed E-state index contributed by atoms with van der Waals surface area (Å²) in [4.78, 5) is 48.8. The van der Waals surface area contributed by atoms with Gasteiger partial charge in [0.1, 0.15) is 5.54 Å². The predicted octanol–water partition coefficient (Wildman–Crippen LogP) is 0.740. The van der Waals surface area contributed by atoms with Gasteiger partial charge in [-0.25, -0.2) is 4.79 Å². The Hall–Kier alpha value is -2.70. The molecule has 0 aromatic heterocycles. The Kier molecular flexibility index (Phi) is 4.49. The molecular formula is C16H18N2O5. The molecule has 0 radical (unpaired) electrons. The minimum absolute atomic E-state index is 0.0462. The fourth-order valence-electron chi connectivity index (χ4n) is 2.37. The second-order valence-corrected chi connectivity index (χ2v) is 5.72. The lowest BCUT2D eigenvalue weighted by atomic mass is 10.1. The average molecular weight is 318 g/mol. The van der Waals surface area contributed by atoms with Crippen molar-refractivity contribution in [2.75, 3.05) is 13.7 Å². The summed E-state index contributed by atoms with van der Waals surface area (Å²) in [5, 5.41) is 2.52. The van der Waals surface area contributed by atoms with Gasteiger partial charge in [0, 0.05) is 13.0 Å². The van der Waals surface area contributed by atoms with Crippen LogP contribution in [0.15, 0.2) is 24.3 Å². The topological polar surface area (TPSA) is 92.8 Å². The lowest BCUT2D eigenvalue weighted by Crippen LogP contribution is -2.51. The standard InChI is InChI=1S/C16H18N2O5/c1-16(2,15(22)23-3)17-12(19)8-9-18-13(20)10-6-4-5-7-11(10)14(18)21/h4-7H,8-9H2,1-3H3,(H,17,19). The van der Waals surface area contributed by atoms with Crippen molar-refractivity contribution in [2.45, 2.75) is 25.8 Å². The summed E-state index contributed by atoms with van der Waals surface area (Å²) in [7, 11) is 1.23. The second-order valence-electron chi connectivity index (χ2n) is 5.72. The Bertz CT molecular complexity index is 646. The van der Waals surface area contributed by atoms with Crippen molar-refractivity contribution in [2.24, 2.45) is 0 Å². The van der Waals surface area contributed by atoms with E-state index in [1.165, 1.54) is 21.0 Å². The number of esters is 1. The van der Waals surface area contributed by atoms with Crippen LogP contribution in [-0.2, 0) is 14.3 Å².